The summed E-state index contributed by atoms with van der Waals surface area (Å²) in [5, 5.41) is 5.49. The van der Waals surface area contributed by atoms with Gasteiger partial charge in [-0.25, -0.2) is 4.98 Å². The van der Waals surface area contributed by atoms with E-state index in [2.05, 4.69) is 10.3 Å². The first-order chi connectivity index (χ1) is 15.3. The van der Waals surface area contributed by atoms with Gasteiger partial charge in [0.05, 0.1) is 12.1 Å². The molecule has 1 aromatic carbocycles. The van der Waals surface area contributed by atoms with Crippen molar-refractivity contribution in [3.8, 4) is 5.75 Å². The van der Waals surface area contributed by atoms with E-state index in [1.54, 1.807) is 32.4 Å². The van der Waals surface area contributed by atoms with Crippen molar-refractivity contribution in [2.24, 2.45) is 12.5 Å². The molecule has 2 aliphatic heterocycles. The first kappa shape index (κ1) is 20.4. The third kappa shape index (κ3) is 3.26. The molecule has 3 aromatic rings. The van der Waals surface area contributed by atoms with E-state index in [1.165, 1.54) is 10.6 Å². The quantitative estimate of drug-likeness (QED) is 0.619. The lowest BCUT2D eigenvalue weighted by atomic mass is 9.62. The van der Waals surface area contributed by atoms with Crippen LogP contribution in [-0.2, 0) is 11.8 Å². The number of anilines is 2. The van der Waals surface area contributed by atoms with E-state index in [9.17, 15) is 9.59 Å². The molecule has 8 heteroatoms. The molecule has 2 bridgehead atoms. The molecule has 8 nitrogen and oxygen atoms in total. The molecule has 0 spiro atoms. The number of rotatable bonds is 6. The number of aromatic nitrogens is 2. The predicted molar refractivity (Wildman–Crippen MR) is 124 cm³/mol. The van der Waals surface area contributed by atoms with Gasteiger partial charge in [-0.05, 0) is 31.0 Å². The second-order valence-electron chi connectivity index (χ2n) is 9.23. The van der Waals surface area contributed by atoms with Crippen LogP contribution in [0.25, 0.3) is 10.8 Å². The summed E-state index contributed by atoms with van der Waals surface area (Å²) in [5.74, 6) is 1.15. The van der Waals surface area contributed by atoms with Crippen molar-refractivity contribution in [2.75, 3.05) is 30.7 Å². The molecule has 3 aliphatic rings. The number of ether oxygens (including phenoxy) is 1. The van der Waals surface area contributed by atoms with Gasteiger partial charge in [-0.1, -0.05) is 12.1 Å². The van der Waals surface area contributed by atoms with Crippen LogP contribution in [0, 0.1) is 5.41 Å². The van der Waals surface area contributed by atoms with Gasteiger partial charge in [0.15, 0.2) is 0 Å². The minimum absolute atomic E-state index is 0.0751. The number of hydrogen-bond donors (Lipinski definition) is 2. The number of nitrogens with zero attached hydrogens (tertiary/aromatic N) is 3. The van der Waals surface area contributed by atoms with E-state index in [4.69, 9.17) is 10.5 Å². The monoisotopic (exact) mass is 433 g/mol. The highest BCUT2D eigenvalue weighted by atomic mass is 16.5. The third-order valence-electron chi connectivity index (χ3n) is 6.92. The lowest BCUT2D eigenvalue weighted by Gasteiger charge is -2.47. The van der Waals surface area contributed by atoms with E-state index < -0.39 is 0 Å². The van der Waals surface area contributed by atoms with E-state index in [-0.39, 0.29) is 22.4 Å². The maximum Gasteiger partial charge on any atom is 0.253 e. The van der Waals surface area contributed by atoms with Crippen LogP contribution >= 0.6 is 0 Å². The number of fused-ring (bicyclic) bond motifs is 2. The molecule has 4 heterocycles. The summed E-state index contributed by atoms with van der Waals surface area (Å²) in [4.78, 5) is 30.5. The molecule has 2 aromatic heterocycles. The van der Waals surface area contributed by atoms with Crippen molar-refractivity contribution in [3.05, 3.63) is 59.1 Å². The van der Waals surface area contributed by atoms with Gasteiger partial charge in [-0.15, -0.1) is 0 Å². The van der Waals surface area contributed by atoms with Gasteiger partial charge in [0.2, 0.25) is 5.91 Å². The van der Waals surface area contributed by atoms with Gasteiger partial charge in [-0.2, -0.15) is 0 Å². The van der Waals surface area contributed by atoms with Gasteiger partial charge in [0.1, 0.15) is 11.6 Å². The summed E-state index contributed by atoms with van der Waals surface area (Å²) in [6.07, 6.45) is 5.15. The van der Waals surface area contributed by atoms with E-state index in [1.807, 2.05) is 29.2 Å². The zero-order chi connectivity index (χ0) is 22.5. The zero-order valence-corrected chi connectivity index (χ0v) is 18.3. The highest BCUT2D eigenvalue weighted by Gasteiger charge is 2.66. The number of nitrogens with two attached hydrogens (primary N) is 1. The fourth-order valence-electron chi connectivity index (χ4n) is 5.46. The largest absolute Gasteiger partial charge is 0.493 e. The third-order valence-corrected chi connectivity index (χ3v) is 6.92. The predicted octanol–water partition coefficient (Wildman–Crippen LogP) is 2.39. The molecule has 2 saturated heterocycles. The van der Waals surface area contributed by atoms with E-state index in [0.29, 0.717) is 31.3 Å². The number of nitrogen functional groups attached to an aromatic ring is 1. The summed E-state index contributed by atoms with van der Waals surface area (Å²) < 4.78 is 7.49. The second-order valence-corrected chi connectivity index (χ2v) is 9.23. The molecular weight excluding hydrogens is 406 g/mol. The fourth-order valence-corrected chi connectivity index (χ4v) is 5.46. The minimum atomic E-state index is -0.233. The van der Waals surface area contributed by atoms with Crippen LogP contribution < -0.4 is 21.3 Å². The van der Waals surface area contributed by atoms with Gasteiger partial charge in [0.25, 0.3) is 5.56 Å². The zero-order valence-electron chi connectivity index (χ0n) is 18.3. The number of pyridine rings is 2. The van der Waals surface area contributed by atoms with Crippen LogP contribution in [0.4, 0.5) is 11.5 Å². The molecule has 6 rings (SSSR count). The lowest BCUT2D eigenvalue weighted by molar-refractivity contribution is -0.132. The molecule has 166 valence electrons. The Bertz CT molecular complexity index is 1260. The molecule has 3 N–H and O–H groups in total. The lowest BCUT2D eigenvalue weighted by Crippen LogP contribution is -2.56. The Balaban J connectivity index is 1.31. The number of carbonyl (C=O) groups excluding carboxylic acids is 1. The van der Waals surface area contributed by atoms with Gasteiger partial charge >= 0.3 is 0 Å². The van der Waals surface area contributed by atoms with Crippen molar-refractivity contribution in [2.45, 2.75) is 25.3 Å². The average molecular weight is 434 g/mol. The second kappa shape index (κ2) is 7.25. The van der Waals surface area contributed by atoms with E-state index in [0.717, 1.165) is 29.3 Å². The number of carbonyl (C=O) groups is 1. The summed E-state index contributed by atoms with van der Waals surface area (Å²) in [6, 6.07) is 11.2. The van der Waals surface area contributed by atoms with Crippen LogP contribution in [0.15, 0.2) is 53.6 Å². The van der Waals surface area contributed by atoms with Gasteiger partial charge in [-0.3, -0.25) is 9.59 Å². The number of benzene rings is 1. The van der Waals surface area contributed by atoms with Crippen molar-refractivity contribution in [3.63, 3.8) is 0 Å². The van der Waals surface area contributed by atoms with Crippen LogP contribution in [-0.4, -0.2) is 45.6 Å². The van der Waals surface area contributed by atoms with Gasteiger partial charge in [0, 0.05) is 67.4 Å². The molecule has 0 radical (unpaired) electrons. The molecule has 0 unspecified atom stereocenters. The summed E-state index contributed by atoms with van der Waals surface area (Å²) in [5.41, 5.74) is 6.59. The molecule has 32 heavy (non-hydrogen) atoms. The Hall–Kier alpha value is -3.55. The molecule has 1 amide bonds. The van der Waals surface area contributed by atoms with Crippen LogP contribution in [0.5, 0.6) is 5.75 Å². The minimum Gasteiger partial charge on any atom is -0.493 e. The summed E-state index contributed by atoms with van der Waals surface area (Å²) in [6.45, 7) is 3.44. The molecular formula is C24H27N5O3. The van der Waals surface area contributed by atoms with E-state index >= 15 is 0 Å². The number of nitrogens with one attached hydrogen (secondary N) is 1. The Labute approximate surface area is 186 Å². The normalized spacial score (nSPS) is 23.8. The van der Waals surface area contributed by atoms with Crippen molar-refractivity contribution in [1.82, 2.24) is 14.5 Å². The molecule has 3 fully saturated rings. The molecule has 0 atom stereocenters. The summed E-state index contributed by atoms with van der Waals surface area (Å²) in [7, 11) is 1.71. The van der Waals surface area contributed by atoms with Crippen molar-refractivity contribution in [1.29, 1.82) is 0 Å². The average Bonchev–Trinajstić information content (AvgIpc) is 3.25. The smallest absolute Gasteiger partial charge is 0.253 e. The number of hydrogen-bond acceptors (Lipinski definition) is 6. The Kier molecular flexibility index (Phi) is 4.62. The first-order valence-corrected chi connectivity index (χ1v) is 10.8. The van der Waals surface area contributed by atoms with Crippen molar-refractivity contribution < 1.29 is 9.53 Å². The summed E-state index contributed by atoms with van der Waals surface area (Å²) >= 11 is 0. The number of aryl methyl sites for hydroxylation is 1. The van der Waals surface area contributed by atoms with Crippen molar-refractivity contribution >= 4 is 28.2 Å². The maximum atomic E-state index is 12.4. The van der Waals surface area contributed by atoms with Crippen LogP contribution in [0.1, 0.15) is 19.8 Å². The van der Waals surface area contributed by atoms with Crippen LogP contribution in [0.2, 0.25) is 0 Å². The topological polar surface area (TPSA) is 102 Å². The first-order valence-electron chi connectivity index (χ1n) is 10.8. The maximum absolute atomic E-state index is 12.4. The van der Waals surface area contributed by atoms with Crippen LogP contribution in [0.3, 0.4) is 0 Å². The van der Waals surface area contributed by atoms with Gasteiger partial charge < -0.3 is 25.3 Å². The molecule has 1 saturated carbocycles. The fraction of sp³-hybridized carbons (Fsp3) is 0.375. The highest BCUT2D eigenvalue weighted by molar-refractivity contribution is 5.99. The Morgan fingerprint density at radius 3 is 2.81 bits per heavy atom. The standard InChI is InChI=1S/C24H27N5O3/c1-16(30)29-14-23(15-32-17-7-9-28(2)21(31)10-17)11-24(29,12-23)13-27-20-5-3-4-19-18(20)6-8-26-22(19)25/h3-10,27H,11-15H2,1-2H3,(H2,25,26). The highest BCUT2D eigenvalue weighted by Crippen LogP contribution is 2.59. The SMILES string of the molecule is CC(=O)N1CC2(COc3ccn(C)c(=O)c3)CC1(CNc1cccc3c(N)nccc13)C2. The molecule has 1 aliphatic carbocycles. The Morgan fingerprint density at radius 2 is 2.06 bits per heavy atom. The number of amides is 1. The Morgan fingerprint density at radius 1 is 1.25 bits per heavy atom.